The SMILES string of the molecule is COCCn1c(=NC(=O)c2ccccc2Br)sc2cc(Br)ccc21. The molecule has 1 heterocycles. The van der Waals surface area contributed by atoms with Gasteiger partial charge in [-0.1, -0.05) is 39.4 Å². The minimum atomic E-state index is -0.265. The van der Waals surface area contributed by atoms with Crippen molar-refractivity contribution in [2.75, 3.05) is 13.7 Å². The van der Waals surface area contributed by atoms with Gasteiger partial charge in [-0.3, -0.25) is 4.79 Å². The van der Waals surface area contributed by atoms with Gasteiger partial charge in [0.05, 0.1) is 22.4 Å². The molecule has 0 saturated heterocycles. The molecule has 0 N–H and O–H groups in total. The van der Waals surface area contributed by atoms with Gasteiger partial charge in [-0.25, -0.2) is 0 Å². The summed E-state index contributed by atoms with van der Waals surface area (Å²) in [6.45, 7) is 1.19. The van der Waals surface area contributed by atoms with Crippen molar-refractivity contribution in [3.63, 3.8) is 0 Å². The van der Waals surface area contributed by atoms with E-state index in [0.29, 0.717) is 23.5 Å². The van der Waals surface area contributed by atoms with Crippen molar-refractivity contribution in [1.29, 1.82) is 0 Å². The number of carbonyl (C=O) groups excluding carboxylic acids is 1. The Morgan fingerprint density at radius 2 is 2.04 bits per heavy atom. The van der Waals surface area contributed by atoms with E-state index in [9.17, 15) is 4.79 Å². The van der Waals surface area contributed by atoms with Crippen LogP contribution >= 0.6 is 43.2 Å². The van der Waals surface area contributed by atoms with Gasteiger partial charge in [0.25, 0.3) is 5.91 Å². The van der Waals surface area contributed by atoms with Crippen LogP contribution in [-0.4, -0.2) is 24.2 Å². The maximum Gasteiger partial charge on any atom is 0.280 e. The number of benzene rings is 2. The Morgan fingerprint density at radius 3 is 2.79 bits per heavy atom. The van der Waals surface area contributed by atoms with Crippen molar-refractivity contribution in [3.8, 4) is 0 Å². The predicted molar refractivity (Wildman–Crippen MR) is 103 cm³/mol. The van der Waals surface area contributed by atoms with Crippen molar-refractivity contribution >= 4 is 59.3 Å². The lowest BCUT2D eigenvalue weighted by Gasteiger charge is -2.04. The third kappa shape index (κ3) is 3.69. The fraction of sp³-hybridized carbons (Fsp3) is 0.176. The molecule has 24 heavy (non-hydrogen) atoms. The first kappa shape index (κ1) is 17.5. The number of nitrogens with zero attached hydrogens (tertiary/aromatic N) is 2. The summed E-state index contributed by atoms with van der Waals surface area (Å²) in [5, 5.41) is 0. The Hall–Kier alpha value is -1.28. The van der Waals surface area contributed by atoms with Crippen molar-refractivity contribution in [1.82, 2.24) is 4.57 Å². The number of carbonyl (C=O) groups is 1. The van der Waals surface area contributed by atoms with Crippen molar-refractivity contribution < 1.29 is 9.53 Å². The molecule has 4 nitrogen and oxygen atoms in total. The molecule has 2 aromatic carbocycles. The van der Waals surface area contributed by atoms with Gasteiger partial charge in [0.1, 0.15) is 0 Å². The molecule has 0 spiro atoms. The maximum absolute atomic E-state index is 12.6. The highest BCUT2D eigenvalue weighted by atomic mass is 79.9. The summed E-state index contributed by atoms with van der Waals surface area (Å²) in [4.78, 5) is 17.6. The van der Waals surface area contributed by atoms with E-state index in [1.807, 2.05) is 41.0 Å². The first-order valence-corrected chi connectivity index (χ1v) is 9.62. The van der Waals surface area contributed by atoms with Gasteiger partial charge in [0, 0.05) is 22.6 Å². The van der Waals surface area contributed by atoms with Crippen LogP contribution in [0.5, 0.6) is 0 Å². The van der Waals surface area contributed by atoms with Gasteiger partial charge in [-0.2, -0.15) is 4.99 Å². The minimum absolute atomic E-state index is 0.265. The van der Waals surface area contributed by atoms with Crippen LogP contribution in [0.1, 0.15) is 10.4 Å². The van der Waals surface area contributed by atoms with Crippen LogP contribution < -0.4 is 4.80 Å². The molecule has 124 valence electrons. The maximum atomic E-state index is 12.6. The molecule has 1 amide bonds. The smallest absolute Gasteiger partial charge is 0.280 e. The summed E-state index contributed by atoms with van der Waals surface area (Å²) in [7, 11) is 1.66. The molecule has 0 aliphatic rings. The molecule has 0 unspecified atom stereocenters. The standard InChI is InChI=1S/C17H14Br2N2O2S/c1-23-9-8-21-14-7-6-11(18)10-15(14)24-17(21)20-16(22)12-4-2-3-5-13(12)19/h2-7,10H,8-9H2,1H3. The van der Waals surface area contributed by atoms with Gasteiger partial charge >= 0.3 is 0 Å². The van der Waals surface area contributed by atoms with Crippen molar-refractivity contribution in [3.05, 3.63) is 61.8 Å². The molecule has 7 heteroatoms. The quantitative estimate of drug-likeness (QED) is 0.559. The van der Waals surface area contributed by atoms with Crippen molar-refractivity contribution in [2.24, 2.45) is 4.99 Å². The summed E-state index contributed by atoms with van der Waals surface area (Å²) in [6, 6.07) is 13.3. The molecular formula is C17H14Br2N2O2S. The van der Waals surface area contributed by atoms with Crippen LogP contribution in [0.2, 0.25) is 0 Å². The van der Waals surface area contributed by atoms with Crippen LogP contribution in [0.3, 0.4) is 0 Å². The zero-order chi connectivity index (χ0) is 17.1. The van der Waals surface area contributed by atoms with Crippen LogP contribution in [0, 0.1) is 0 Å². The number of hydrogen-bond donors (Lipinski definition) is 0. The molecule has 0 aliphatic heterocycles. The van der Waals surface area contributed by atoms with Crippen LogP contribution in [0.4, 0.5) is 0 Å². The van der Waals surface area contributed by atoms with E-state index in [-0.39, 0.29) is 5.91 Å². The molecule has 0 saturated carbocycles. The van der Waals surface area contributed by atoms with E-state index in [0.717, 1.165) is 19.2 Å². The highest BCUT2D eigenvalue weighted by molar-refractivity contribution is 9.10. The number of methoxy groups -OCH3 is 1. The second-order valence-electron chi connectivity index (χ2n) is 5.04. The number of thiazole rings is 1. The summed E-state index contributed by atoms with van der Waals surface area (Å²) < 4.78 is 10.0. The minimum Gasteiger partial charge on any atom is -0.383 e. The lowest BCUT2D eigenvalue weighted by atomic mass is 10.2. The zero-order valence-corrected chi connectivity index (χ0v) is 16.8. The lowest BCUT2D eigenvalue weighted by molar-refractivity contribution is 0.0996. The van der Waals surface area contributed by atoms with Gasteiger partial charge in [0.15, 0.2) is 4.80 Å². The highest BCUT2D eigenvalue weighted by Crippen LogP contribution is 2.22. The molecule has 0 atom stereocenters. The first-order valence-electron chi connectivity index (χ1n) is 7.21. The molecular weight excluding hydrogens is 456 g/mol. The molecule has 0 aliphatic carbocycles. The van der Waals surface area contributed by atoms with E-state index < -0.39 is 0 Å². The number of halogens is 2. The number of aromatic nitrogens is 1. The van der Waals surface area contributed by atoms with E-state index in [4.69, 9.17) is 4.74 Å². The Morgan fingerprint density at radius 1 is 1.25 bits per heavy atom. The number of hydrogen-bond acceptors (Lipinski definition) is 3. The lowest BCUT2D eigenvalue weighted by Crippen LogP contribution is -2.19. The van der Waals surface area contributed by atoms with Crippen LogP contribution in [-0.2, 0) is 11.3 Å². The summed E-state index contributed by atoms with van der Waals surface area (Å²) >= 11 is 8.38. The van der Waals surface area contributed by atoms with Gasteiger partial charge in [0.2, 0.25) is 0 Å². The average Bonchev–Trinajstić information content (AvgIpc) is 2.89. The Labute approximate surface area is 160 Å². The van der Waals surface area contributed by atoms with Crippen molar-refractivity contribution in [2.45, 2.75) is 6.54 Å². The Balaban J connectivity index is 2.13. The molecule has 0 fully saturated rings. The molecule has 3 aromatic rings. The second kappa shape index (κ2) is 7.74. The monoisotopic (exact) mass is 468 g/mol. The summed E-state index contributed by atoms with van der Waals surface area (Å²) in [5.41, 5.74) is 1.59. The largest absolute Gasteiger partial charge is 0.383 e. The average molecular weight is 470 g/mol. The molecule has 3 rings (SSSR count). The van der Waals surface area contributed by atoms with Gasteiger partial charge in [-0.05, 0) is 46.3 Å². The second-order valence-corrected chi connectivity index (χ2v) is 7.82. The van der Waals surface area contributed by atoms with E-state index >= 15 is 0 Å². The fourth-order valence-electron chi connectivity index (χ4n) is 2.31. The zero-order valence-electron chi connectivity index (χ0n) is 12.8. The molecule has 0 bridgehead atoms. The van der Waals surface area contributed by atoms with Gasteiger partial charge in [-0.15, -0.1) is 0 Å². The topological polar surface area (TPSA) is 43.6 Å². The number of amides is 1. The number of ether oxygens (including phenoxy) is 1. The van der Waals surface area contributed by atoms with E-state index in [2.05, 4.69) is 36.9 Å². The van der Waals surface area contributed by atoms with E-state index in [1.54, 1.807) is 13.2 Å². The highest BCUT2D eigenvalue weighted by Gasteiger charge is 2.11. The van der Waals surface area contributed by atoms with Crippen LogP contribution in [0.15, 0.2) is 56.4 Å². The Kier molecular flexibility index (Phi) is 5.65. The number of fused-ring (bicyclic) bond motifs is 1. The predicted octanol–water partition coefficient (Wildman–Crippen LogP) is 4.62. The normalized spacial score (nSPS) is 12.0. The molecule has 1 aromatic heterocycles. The summed E-state index contributed by atoms with van der Waals surface area (Å²) in [6.07, 6.45) is 0. The van der Waals surface area contributed by atoms with E-state index in [1.165, 1.54) is 11.3 Å². The first-order chi connectivity index (χ1) is 11.6. The third-order valence-electron chi connectivity index (χ3n) is 3.47. The van der Waals surface area contributed by atoms with Gasteiger partial charge < -0.3 is 9.30 Å². The van der Waals surface area contributed by atoms with Crippen LogP contribution in [0.25, 0.3) is 10.2 Å². The summed E-state index contributed by atoms with van der Waals surface area (Å²) in [5.74, 6) is -0.265. The fourth-order valence-corrected chi connectivity index (χ4v) is 4.37. The third-order valence-corrected chi connectivity index (χ3v) is 5.69. The molecule has 0 radical (unpaired) electrons. The Bertz CT molecular complexity index is 963. The number of rotatable bonds is 4.